The summed E-state index contributed by atoms with van der Waals surface area (Å²) in [5, 5.41) is 3.50. The van der Waals surface area contributed by atoms with Crippen molar-refractivity contribution >= 4 is 40.3 Å². The molecule has 4 rings (SSSR count). The molecule has 2 aliphatic heterocycles. The van der Waals surface area contributed by atoms with Gasteiger partial charge in [0.2, 0.25) is 0 Å². The third-order valence-electron chi connectivity index (χ3n) is 5.14. The highest BCUT2D eigenvalue weighted by atomic mass is 32.2. The lowest BCUT2D eigenvalue weighted by Crippen LogP contribution is -2.36. The summed E-state index contributed by atoms with van der Waals surface area (Å²) in [6.07, 6.45) is 1.95. The van der Waals surface area contributed by atoms with Gasteiger partial charge in [-0.3, -0.25) is 4.79 Å². The Hall–Kier alpha value is -2.57. The quantitative estimate of drug-likeness (QED) is 0.769. The zero-order valence-electron chi connectivity index (χ0n) is 17.0. The highest BCUT2D eigenvalue weighted by Crippen LogP contribution is 2.30. The molecule has 29 heavy (non-hydrogen) atoms. The van der Waals surface area contributed by atoms with Gasteiger partial charge in [-0.25, -0.2) is 4.99 Å². The van der Waals surface area contributed by atoms with Gasteiger partial charge in [0.05, 0.1) is 23.8 Å². The van der Waals surface area contributed by atoms with E-state index in [-0.39, 0.29) is 5.91 Å². The van der Waals surface area contributed by atoms with Crippen LogP contribution < -0.4 is 10.2 Å². The molecule has 1 N–H and O–H groups in total. The van der Waals surface area contributed by atoms with Crippen LogP contribution in [-0.4, -0.2) is 37.4 Å². The van der Waals surface area contributed by atoms with E-state index in [4.69, 9.17) is 4.74 Å². The van der Waals surface area contributed by atoms with Gasteiger partial charge in [0.25, 0.3) is 5.91 Å². The monoisotopic (exact) mass is 407 g/mol. The largest absolute Gasteiger partial charge is 0.378 e. The maximum atomic E-state index is 12.4. The summed E-state index contributed by atoms with van der Waals surface area (Å²) in [4.78, 5) is 20.1. The fraction of sp³-hybridized carbons (Fsp3) is 0.304. The molecule has 0 saturated carbocycles. The van der Waals surface area contributed by atoms with Gasteiger partial charge in [0, 0.05) is 18.8 Å². The summed E-state index contributed by atoms with van der Waals surface area (Å²) < 4.78 is 5.43. The van der Waals surface area contributed by atoms with Gasteiger partial charge in [0.1, 0.15) is 0 Å². The average molecular weight is 408 g/mol. The molecule has 0 aliphatic carbocycles. The number of thioether (sulfide) groups is 1. The van der Waals surface area contributed by atoms with Crippen LogP contribution in [0.5, 0.6) is 0 Å². The van der Waals surface area contributed by atoms with Crippen molar-refractivity contribution in [1.82, 2.24) is 5.32 Å². The molecule has 1 amide bonds. The molecular formula is C23H25N3O2S. The van der Waals surface area contributed by atoms with Crippen molar-refractivity contribution in [3.8, 4) is 0 Å². The molecule has 2 saturated heterocycles. The Kier molecular flexibility index (Phi) is 5.74. The molecule has 2 fully saturated rings. The van der Waals surface area contributed by atoms with E-state index in [1.54, 1.807) is 0 Å². The van der Waals surface area contributed by atoms with E-state index in [0.29, 0.717) is 10.1 Å². The predicted octanol–water partition coefficient (Wildman–Crippen LogP) is 4.34. The summed E-state index contributed by atoms with van der Waals surface area (Å²) >= 11 is 1.39. The number of anilines is 1. The smallest absolute Gasteiger partial charge is 0.264 e. The minimum Gasteiger partial charge on any atom is -0.378 e. The Morgan fingerprint density at radius 3 is 2.59 bits per heavy atom. The van der Waals surface area contributed by atoms with Crippen LogP contribution in [0.2, 0.25) is 0 Å². The SMILES string of the molecule is Cc1ccc(N=C2NC(=O)/C(=C\c3ccc(N4CCOCC4)cc3C)S2)c(C)c1. The zero-order valence-corrected chi connectivity index (χ0v) is 17.8. The molecule has 0 aromatic heterocycles. The number of hydrogen-bond donors (Lipinski definition) is 1. The number of hydrogen-bond acceptors (Lipinski definition) is 5. The topological polar surface area (TPSA) is 53.9 Å². The van der Waals surface area contributed by atoms with Crippen LogP contribution in [0.25, 0.3) is 6.08 Å². The Bertz CT molecular complexity index is 1010. The molecule has 6 heteroatoms. The highest BCUT2D eigenvalue weighted by Gasteiger charge is 2.24. The number of morpholine rings is 1. The summed E-state index contributed by atoms with van der Waals surface area (Å²) in [6.45, 7) is 9.53. The maximum Gasteiger partial charge on any atom is 0.264 e. The number of amidine groups is 1. The number of aryl methyl sites for hydroxylation is 3. The van der Waals surface area contributed by atoms with Crippen LogP contribution in [-0.2, 0) is 9.53 Å². The third-order valence-corrected chi connectivity index (χ3v) is 6.05. The first-order valence-electron chi connectivity index (χ1n) is 9.80. The van der Waals surface area contributed by atoms with Crippen molar-refractivity contribution in [3.05, 3.63) is 63.6 Å². The van der Waals surface area contributed by atoms with Crippen molar-refractivity contribution in [3.63, 3.8) is 0 Å². The number of rotatable bonds is 3. The second-order valence-electron chi connectivity index (χ2n) is 7.41. The summed E-state index contributed by atoms with van der Waals surface area (Å²) in [6, 6.07) is 12.5. The summed E-state index contributed by atoms with van der Waals surface area (Å²) in [5.74, 6) is -0.102. The number of nitrogens with one attached hydrogen (secondary N) is 1. The first kappa shape index (κ1) is 19.7. The molecule has 5 nitrogen and oxygen atoms in total. The number of carbonyl (C=O) groups is 1. The van der Waals surface area contributed by atoms with Crippen LogP contribution in [0.4, 0.5) is 11.4 Å². The van der Waals surface area contributed by atoms with Crippen LogP contribution in [0.1, 0.15) is 22.3 Å². The van der Waals surface area contributed by atoms with Gasteiger partial charge >= 0.3 is 0 Å². The van der Waals surface area contributed by atoms with E-state index >= 15 is 0 Å². The van der Waals surface area contributed by atoms with E-state index in [1.165, 1.54) is 23.0 Å². The van der Waals surface area contributed by atoms with E-state index in [9.17, 15) is 4.79 Å². The Morgan fingerprint density at radius 1 is 1.07 bits per heavy atom. The number of amides is 1. The fourth-order valence-corrected chi connectivity index (χ4v) is 4.33. The lowest BCUT2D eigenvalue weighted by molar-refractivity contribution is -0.115. The van der Waals surface area contributed by atoms with Gasteiger partial charge in [-0.1, -0.05) is 23.8 Å². The van der Waals surface area contributed by atoms with E-state index < -0.39 is 0 Å². The molecule has 2 heterocycles. The number of nitrogens with zero attached hydrogens (tertiary/aromatic N) is 2. The lowest BCUT2D eigenvalue weighted by atomic mass is 10.1. The molecular weight excluding hydrogens is 382 g/mol. The van der Waals surface area contributed by atoms with Crippen LogP contribution in [0.15, 0.2) is 46.3 Å². The standard InChI is InChI=1S/C23H25N3O2S/c1-15-4-7-20(17(3)12-15)24-23-25-22(27)21(29-23)14-18-5-6-19(13-16(18)2)26-8-10-28-11-9-26/h4-7,12-14H,8-11H2,1-3H3,(H,24,25,27)/b21-14+. The second kappa shape index (κ2) is 8.43. The normalized spacial score (nSPS) is 19.8. The zero-order chi connectivity index (χ0) is 20.4. The van der Waals surface area contributed by atoms with Gasteiger partial charge in [-0.15, -0.1) is 0 Å². The highest BCUT2D eigenvalue weighted by molar-refractivity contribution is 8.18. The predicted molar refractivity (Wildman–Crippen MR) is 121 cm³/mol. The van der Waals surface area contributed by atoms with Crippen molar-refractivity contribution in [2.75, 3.05) is 31.2 Å². The molecule has 2 aromatic rings. The van der Waals surface area contributed by atoms with Crippen molar-refractivity contribution in [2.45, 2.75) is 20.8 Å². The van der Waals surface area contributed by atoms with E-state index in [1.807, 2.05) is 25.1 Å². The molecule has 2 aromatic carbocycles. The minimum atomic E-state index is -0.102. The van der Waals surface area contributed by atoms with Crippen molar-refractivity contribution in [1.29, 1.82) is 0 Å². The fourth-order valence-electron chi connectivity index (χ4n) is 3.50. The van der Waals surface area contributed by atoms with Crippen LogP contribution in [0.3, 0.4) is 0 Å². The van der Waals surface area contributed by atoms with Crippen LogP contribution >= 0.6 is 11.8 Å². The lowest BCUT2D eigenvalue weighted by Gasteiger charge is -2.29. The second-order valence-corrected chi connectivity index (χ2v) is 8.44. The number of ether oxygens (including phenoxy) is 1. The number of benzene rings is 2. The summed E-state index contributed by atoms with van der Waals surface area (Å²) in [5.41, 5.74) is 6.58. The Balaban J connectivity index is 1.53. The van der Waals surface area contributed by atoms with Gasteiger partial charge in [-0.2, -0.15) is 0 Å². The van der Waals surface area contributed by atoms with E-state index in [2.05, 4.69) is 53.3 Å². The molecule has 0 radical (unpaired) electrons. The molecule has 0 unspecified atom stereocenters. The molecule has 0 bridgehead atoms. The van der Waals surface area contributed by atoms with Crippen LogP contribution in [0, 0.1) is 20.8 Å². The first-order valence-corrected chi connectivity index (χ1v) is 10.6. The molecule has 2 aliphatic rings. The average Bonchev–Trinajstić information content (AvgIpc) is 3.05. The van der Waals surface area contributed by atoms with Gasteiger partial charge < -0.3 is 15.0 Å². The Morgan fingerprint density at radius 2 is 1.86 bits per heavy atom. The number of carbonyl (C=O) groups excluding carboxylic acids is 1. The maximum absolute atomic E-state index is 12.4. The van der Waals surface area contributed by atoms with Crippen molar-refractivity contribution < 1.29 is 9.53 Å². The molecule has 0 atom stereocenters. The van der Waals surface area contributed by atoms with Crippen molar-refractivity contribution in [2.24, 2.45) is 4.99 Å². The Labute approximate surface area is 175 Å². The van der Waals surface area contributed by atoms with Gasteiger partial charge in [0.15, 0.2) is 5.17 Å². The summed E-state index contributed by atoms with van der Waals surface area (Å²) in [7, 11) is 0. The third kappa shape index (κ3) is 4.54. The number of aliphatic imine (C=N–C) groups is 1. The molecule has 0 spiro atoms. The molecule has 150 valence electrons. The minimum absolute atomic E-state index is 0.102. The van der Waals surface area contributed by atoms with Gasteiger partial charge in [-0.05, 0) is 73.5 Å². The van der Waals surface area contributed by atoms with E-state index in [0.717, 1.165) is 48.7 Å². The first-order chi connectivity index (χ1) is 14.0.